The van der Waals surface area contributed by atoms with E-state index >= 15 is 0 Å². The van der Waals surface area contributed by atoms with Crippen LogP contribution < -0.4 is 10.6 Å². The molecule has 7 heteroatoms. The van der Waals surface area contributed by atoms with Crippen LogP contribution >= 0.6 is 0 Å². The minimum Gasteiger partial charge on any atom is -0.367 e. The number of piperazine rings is 1. The molecule has 1 saturated heterocycles. The minimum absolute atomic E-state index is 0.408. The van der Waals surface area contributed by atoms with Gasteiger partial charge >= 0.3 is 0 Å². The monoisotopic (exact) mass is 465 g/mol. The zero-order chi connectivity index (χ0) is 23.8. The summed E-state index contributed by atoms with van der Waals surface area (Å²) in [5, 5.41) is 7.30. The number of nitrogens with zero attached hydrogens (tertiary/aromatic N) is 5. The largest absolute Gasteiger partial charge is 0.367 e. The van der Waals surface area contributed by atoms with Gasteiger partial charge in [0.2, 0.25) is 5.95 Å². The van der Waals surface area contributed by atoms with E-state index in [0.29, 0.717) is 18.0 Å². The fourth-order valence-corrected chi connectivity index (χ4v) is 5.04. The Labute approximate surface area is 205 Å². The lowest BCUT2D eigenvalue weighted by atomic mass is 9.95. The maximum Gasteiger partial charge on any atom is 0.224 e. The van der Waals surface area contributed by atoms with E-state index in [0.717, 1.165) is 69.1 Å². The topological polar surface area (TPSA) is 69.2 Å². The minimum atomic E-state index is 0.408. The average molecular weight is 466 g/mol. The second kappa shape index (κ2) is 12.5. The Morgan fingerprint density at radius 2 is 1.79 bits per heavy atom. The van der Waals surface area contributed by atoms with E-state index in [4.69, 9.17) is 9.97 Å². The van der Waals surface area contributed by atoms with Gasteiger partial charge in [-0.25, -0.2) is 4.98 Å². The van der Waals surface area contributed by atoms with Gasteiger partial charge in [0.25, 0.3) is 0 Å². The van der Waals surface area contributed by atoms with Crippen molar-refractivity contribution in [2.45, 2.75) is 83.8 Å². The van der Waals surface area contributed by atoms with Crippen LogP contribution in [0.5, 0.6) is 0 Å². The lowest BCUT2D eigenvalue weighted by Gasteiger charge is -2.32. The van der Waals surface area contributed by atoms with Crippen LogP contribution in [0.3, 0.4) is 0 Å². The summed E-state index contributed by atoms with van der Waals surface area (Å²) in [6.07, 6.45) is 13.7. The van der Waals surface area contributed by atoms with Crippen LogP contribution in [0.2, 0.25) is 0 Å². The molecule has 34 heavy (non-hydrogen) atoms. The second-order valence-corrected chi connectivity index (χ2v) is 10.1. The molecule has 0 spiro atoms. The van der Waals surface area contributed by atoms with Gasteiger partial charge < -0.3 is 15.5 Å². The van der Waals surface area contributed by atoms with Crippen molar-refractivity contribution in [2.24, 2.45) is 0 Å². The molecule has 1 atom stereocenters. The third-order valence-corrected chi connectivity index (χ3v) is 7.30. The molecule has 0 aromatic carbocycles. The van der Waals surface area contributed by atoms with Crippen molar-refractivity contribution in [2.75, 3.05) is 43.9 Å². The molecule has 2 aromatic rings. The van der Waals surface area contributed by atoms with E-state index in [1.54, 1.807) is 0 Å². The Kier molecular flexibility index (Phi) is 9.11. The molecule has 0 amide bonds. The Balaban J connectivity index is 1.51. The summed E-state index contributed by atoms with van der Waals surface area (Å²) in [5.41, 5.74) is 3.19. The van der Waals surface area contributed by atoms with Crippen molar-refractivity contribution in [3.05, 3.63) is 30.1 Å². The maximum atomic E-state index is 4.95. The highest BCUT2D eigenvalue weighted by atomic mass is 15.2. The highest BCUT2D eigenvalue weighted by molar-refractivity contribution is 5.73. The van der Waals surface area contributed by atoms with Crippen molar-refractivity contribution in [3.63, 3.8) is 0 Å². The van der Waals surface area contributed by atoms with Crippen molar-refractivity contribution < 1.29 is 0 Å². The molecule has 0 bridgehead atoms. The lowest BCUT2D eigenvalue weighted by molar-refractivity contribution is 0.148. The maximum absolute atomic E-state index is 4.95. The van der Waals surface area contributed by atoms with Crippen LogP contribution in [0.4, 0.5) is 11.8 Å². The van der Waals surface area contributed by atoms with Gasteiger partial charge in [0, 0.05) is 57.2 Å². The Morgan fingerprint density at radius 3 is 2.47 bits per heavy atom. The quantitative estimate of drug-likeness (QED) is 0.510. The predicted molar refractivity (Wildman–Crippen MR) is 141 cm³/mol. The van der Waals surface area contributed by atoms with Crippen LogP contribution in [-0.4, -0.2) is 70.1 Å². The molecule has 7 nitrogen and oxygen atoms in total. The molecule has 1 saturated carbocycles. The third kappa shape index (κ3) is 6.89. The lowest BCUT2D eigenvalue weighted by Crippen LogP contribution is -2.43. The number of hydrogen-bond donors (Lipinski definition) is 2. The van der Waals surface area contributed by atoms with Crippen LogP contribution in [0.25, 0.3) is 11.3 Å². The van der Waals surface area contributed by atoms with E-state index < -0.39 is 0 Å². The highest BCUT2D eigenvalue weighted by Crippen LogP contribution is 2.29. The number of nitrogens with one attached hydrogen (secondary N) is 2. The van der Waals surface area contributed by atoms with Crippen molar-refractivity contribution in [3.8, 4) is 11.3 Å². The summed E-state index contributed by atoms with van der Waals surface area (Å²) in [5.74, 6) is 1.63. The number of aromatic nitrogens is 3. The van der Waals surface area contributed by atoms with Crippen LogP contribution in [0.15, 0.2) is 24.5 Å². The molecule has 3 heterocycles. The van der Waals surface area contributed by atoms with E-state index in [1.807, 2.05) is 12.4 Å². The smallest absolute Gasteiger partial charge is 0.224 e. The van der Waals surface area contributed by atoms with Gasteiger partial charge in [0.1, 0.15) is 5.82 Å². The first-order chi connectivity index (χ1) is 16.6. The van der Waals surface area contributed by atoms with Gasteiger partial charge in [-0.1, -0.05) is 45.6 Å². The summed E-state index contributed by atoms with van der Waals surface area (Å²) in [4.78, 5) is 19.4. The molecule has 1 unspecified atom stereocenters. The Bertz CT molecular complexity index is 871. The molecule has 0 radical (unpaired) electrons. The van der Waals surface area contributed by atoms with Gasteiger partial charge in [0.05, 0.1) is 11.3 Å². The van der Waals surface area contributed by atoms with E-state index in [1.165, 1.54) is 37.7 Å². The fourth-order valence-electron chi connectivity index (χ4n) is 5.04. The third-order valence-electron chi connectivity index (χ3n) is 7.30. The first kappa shape index (κ1) is 24.9. The predicted octanol–water partition coefficient (Wildman–Crippen LogP) is 5.02. The molecular formula is C27H43N7. The summed E-state index contributed by atoms with van der Waals surface area (Å²) in [6.45, 7) is 9.91. The number of hydrogen-bond acceptors (Lipinski definition) is 7. The normalized spacial score (nSPS) is 19.1. The summed E-state index contributed by atoms with van der Waals surface area (Å²) in [6, 6.07) is 5.23. The number of anilines is 2. The van der Waals surface area contributed by atoms with Crippen molar-refractivity contribution >= 4 is 11.8 Å². The summed E-state index contributed by atoms with van der Waals surface area (Å²) < 4.78 is 0. The molecule has 2 fully saturated rings. The van der Waals surface area contributed by atoms with Crippen LogP contribution in [-0.2, 0) is 6.54 Å². The molecule has 2 N–H and O–H groups in total. The van der Waals surface area contributed by atoms with Crippen molar-refractivity contribution in [1.29, 1.82) is 0 Å². The van der Waals surface area contributed by atoms with Gasteiger partial charge in [-0.2, -0.15) is 4.98 Å². The van der Waals surface area contributed by atoms with Gasteiger partial charge in [-0.15, -0.1) is 0 Å². The average Bonchev–Trinajstić information content (AvgIpc) is 2.87. The molecule has 1 aliphatic carbocycles. The second-order valence-electron chi connectivity index (χ2n) is 10.1. The molecule has 2 aromatic heterocycles. The number of likely N-dealkylation sites (N-methyl/N-ethyl adjacent to an activating group) is 1. The first-order valence-electron chi connectivity index (χ1n) is 13.4. The van der Waals surface area contributed by atoms with Crippen LogP contribution in [0, 0.1) is 0 Å². The fraction of sp³-hybridized carbons (Fsp3) is 0.667. The van der Waals surface area contributed by atoms with E-state index in [2.05, 4.69) is 58.4 Å². The van der Waals surface area contributed by atoms with E-state index in [9.17, 15) is 0 Å². The van der Waals surface area contributed by atoms with Gasteiger partial charge in [-0.05, 0) is 44.4 Å². The van der Waals surface area contributed by atoms with Crippen LogP contribution in [0.1, 0.15) is 70.8 Å². The SMILES string of the molecule is CCCC(CC)Nc1ncc(-c2ccc(CN3CCN(C)CC3)cn2)c(NC2CCCCC2)n1. The molecule has 4 rings (SSSR count). The number of rotatable bonds is 10. The molecule has 2 aliphatic rings. The van der Waals surface area contributed by atoms with E-state index in [-0.39, 0.29) is 0 Å². The highest BCUT2D eigenvalue weighted by Gasteiger charge is 2.19. The molecule has 186 valence electrons. The molecule has 1 aliphatic heterocycles. The summed E-state index contributed by atoms with van der Waals surface area (Å²) in [7, 11) is 2.20. The summed E-state index contributed by atoms with van der Waals surface area (Å²) >= 11 is 0. The Morgan fingerprint density at radius 1 is 1.00 bits per heavy atom. The van der Waals surface area contributed by atoms with Gasteiger partial charge in [0.15, 0.2) is 0 Å². The zero-order valence-electron chi connectivity index (χ0n) is 21.4. The first-order valence-corrected chi connectivity index (χ1v) is 13.4. The Hall–Kier alpha value is -2.25. The number of pyridine rings is 1. The standard InChI is InChI=1S/C27H43N7/c1-4-9-22(5-2)31-27-29-19-24(26(32-27)30-23-10-7-6-8-11-23)25-13-12-21(18-28-25)20-34-16-14-33(3)15-17-34/h12-13,18-19,22-23H,4-11,14-17,20H2,1-3H3,(H2,29,30,31,32). The van der Waals surface area contributed by atoms with Gasteiger partial charge in [-0.3, -0.25) is 9.88 Å². The zero-order valence-corrected chi connectivity index (χ0v) is 21.4. The molecular weight excluding hydrogens is 422 g/mol. The van der Waals surface area contributed by atoms with Crippen molar-refractivity contribution in [1.82, 2.24) is 24.8 Å².